The van der Waals surface area contributed by atoms with Gasteiger partial charge in [0.25, 0.3) is 0 Å². The van der Waals surface area contributed by atoms with Crippen molar-refractivity contribution in [1.82, 2.24) is 14.5 Å². The van der Waals surface area contributed by atoms with Crippen LogP contribution in [0.15, 0.2) is 12.4 Å². The van der Waals surface area contributed by atoms with E-state index in [2.05, 4.69) is 9.82 Å². The van der Waals surface area contributed by atoms with E-state index in [1.807, 2.05) is 13.2 Å². The van der Waals surface area contributed by atoms with Gasteiger partial charge in [-0.3, -0.25) is 4.68 Å². The lowest BCUT2D eigenvalue weighted by Gasteiger charge is -2.03. The van der Waals surface area contributed by atoms with Crippen molar-refractivity contribution in [2.75, 3.05) is 18.8 Å². The third kappa shape index (κ3) is 4.41. The second-order valence-electron chi connectivity index (χ2n) is 3.27. The highest BCUT2D eigenvalue weighted by atomic mass is 32.2. The van der Waals surface area contributed by atoms with Gasteiger partial charge in [-0.25, -0.2) is 13.1 Å². The third-order valence-corrected chi connectivity index (χ3v) is 3.30. The molecule has 3 N–H and O–H groups in total. The first-order valence-corrected chi connectivity index (χ1v) is 6.33. The van der Waals surface area contributed by atoms with Gasteiger partial charge in [-0.05, 0) is 12.0 Å². The minimum Gasteiger partial charge on any atom is -0.329 e. The van der Waals surface area contributed by atoms with Gasteiger partial charge in [0.05, 0.1) is 11.9 Å². The minimum atomic E-state index is -3.20. The molecule has 0 saturated carbocycles. The first-order valence-electron chi connectivity index (χ1n) is 4.68. The Morgan fingerprint density at radius 3 is 2.87 bits per heavy atom. The largest absolute Gasteiger partial charge is 0.329 e. The van der Waals surface area contributed by atoms with Crippen LogP contribution in [0.25, 0.3) is 0 Å². The van der Waals surface area contributed by atoms with Crippen LogP contribution in [0.3, 0.4) is 0 Å². The molecule has 0 aromatic carbocycles. The fourth-order valence-corrected chi connectivity index (χ4v) is 2.05. The summed E-state index contributed by atoms with van der Waals surface area (Å²) in [6, 6.07) is 0. The number of nitrogens with one attached hydrogen (secondary N) is 1. The maximum atomic E-state index is 11.2. The summed E-state index contributed by atoms with van der Waals surface area (Å²) in [7, 11) is -1.38. The molecule has 0 aliphatic heterocycles. The van der Waals surface area contributed by atoms with E-state index < -0.39 is 10.0 Å². The molecule has 1 rings (SSSR count). The molecule has 0 aliphatic rings. The van der Waals surface area contributed by atoms with Crippen LogP contribution in [-0.2, 0) is 23.5 Å². The fourth-order valence-electron chi connectivity index (χ4n) is 1.18. The molecule has 0 fully saturated rings. The molecule has 86 valence electrons. The van der Waals surface area contributed by atoms with Crippen LogP contribution >= 0.6 is 0 Å². The van der Waals surface area contributed by atoms with Crippen molar-refractivity contribution in [3.63, 3.8) is 0 Å². The Labute approximate surface area is 89.5 Å². The van der Waals surface area contributed by atoms with Gasteiger partial charge in [-0.2, -0.15) is 5.10 Å². The van der Waals surface area contributed by atoms with E-state index in [1.54, 1.807) is 10.9 Å². The zero-order valence-electron chi connectivity index (χ0n) is 8.68. The molecule has 0 spiro atoms. The van der Waals surface area contributed by atoms with Crippen LogP contribution in [0.1, 0.15) is 5.56 Å². The molecule has 0 saturated heterocycles. The smallest absolute Gasteiger partial charge is 0.212 e. The highest BCUT2D eigenvalue weighted by Crippen LogP contribution is 1.96. The Hall–Kier alpha value is -0.920. The first-order chi connectivity index (χ1) is 7.03. The van der Waals surface area contributed by atoms with Crippen LogP contribution in [0.5, 0.6) is 0 Å². The average molecular weight is 232 g/mol. The zero-order valence-corrected chi connectivity index (χ0v) is 9.50. The number of rotatable bonds is 6. The molecular formula is C8H16N4O2S. The Kier molecular flexibility index (Phi) is 4.25. The van der Waals surface area contributed by atoms with Gasteiger partial charge in [0.2, 0.25) is 10.0 Å². The van der Waals surface area contributed by atoms with Gasteiger partial charge in [0, 0.05) is 26.3 Å². The maximum absolute atomic E-state index is 11.2. The van der Waals surface area contributed by atoms with Crippen LogP contribution in [0.2, 0.25) is 0 Å². The summed E-state index contributed by atoms with van der Waals surface area (Å²) >= 11 is 0. The van der Waals surface area contributed by atoms with Gasteiger partial charge in [0.15, 0.2) is 0 Å². The van der Waals surface area contributed by atoms with Crippen LogP contribution in [0, 0.1) is 0 Å². The molecule has 0 bridgehead atoms. The predicted octanol–water partition coefficient (Wildman–Crippen LogP) is -1.16. The fraction of sp³-hybridized carbons (Fsp3) is 0.625. The van der Waals surface area contributed by atoms with E-state index in [-0.39, 0.29) is 12.3 Å². The van der Waals surface area contributed by atoms with Crippen molar-refractivity contribution in [2.24, 2.45) is 12.8 Å². The molecule has 7 heteroatoms. The molecular weight excluding hydrogens is 216 g/mol. The molecule has 0 amide bonds. The third-order valence-electron chi connectivity index (χ3n) is 1.88. The predicted molar refractivity (Wildman–Crippen MR) is 57.8 cm³/mol. The monoisotopic (exact) mass is 232 g/mol. The van der Waals surface area contributed by atoms with Gasteiger partial charge >= 0.3 is 0 Å². The highest BCUT2D eigenvalue weighted by molar-refractivity contribution is 7.89. The SMILES string of the molecule is Cn1cc(CCNS(=O)(=O)CCN)cn1. The van der Waals surface area contributed by atoms with Crippen LogP contribution in [-0.4, -0.2) is 37.0 Å². The van der Waals surface area contributed by atoms with Gasteiger partial charge in [-0.15, -0.1) is 0 Å². The van der Waals surface area contributed by atoms with Gasteiger partial charge < -0.3 is 5.73 Å². The van der Waals surface area contributed by atoms with Crippen LogP contribution < -0.4 is 10.5 Å². The zero-order chi connectivity index (χ0) is 11.3. The lowest BCUT2D eigenvalue weighted by molar-refractivity contribution is 0.581. The average Bonchev–Trinajstić information content (AvgIpc) is 2.51. The number of hydrogen-bond acceptors (Lipinski definition) is 4. The summed E-state index contributed by atoms with van der Waals surface area (Å²) in [5.41, 5.74) is 6.18. The second kappa shape index (κ2) is 5.24. The van der Waals surface area contributed by atoms with Gasteiger partial charge in [0.1, 0.15) is 0 Å². The minimum absolute atomic E-state index is 0.0277. The van der Waals surface area contributed by atoms with E-state index in [1.165, 1.54) is 0 Å². The van der Waals surface area contributed by atoms with E-state index >= 15 is 0 Å². The standard InChI is InChI=1S/C8H16N4O2S/c1-12-7-8(6-10-12)2-4-11-15(13,14)5-3-9/h6-7,11H,2-5,9H2,1H3. The molecule has 0 radical (unpaired) electrons. The number of aryl methyl sites for hydroxylation is 1. The molecule has 1 aromatic rings. The summed E-state index contributed by atoms with van der Waals surface area (Å²) in [6.07, 6.45) is 4.21. The van der Waals surface area contributed by atoms with Crippen molar-refractivity contribution in [3.05, 3.63) is 18.0 Å². The normalized spacial score (nSPS) is 11.9. The van der Waals surface area contributed by atoms with Crippen LogP contribution in [0.4, 0.5) is 0 Å². The second-order valence-corrected chi connectivity index (χ2v) is 5.20. The lowest BCUT2D eigenvalue weighted by atomic mass is 10.3. The van der Waals surface area contributed by atoms with E-state index in [0.717, 1.165) is 5.56 Å². The Balaban J connectivity index is 2.33. The molecule has 6 nitrogen and oxygen atoms in total. The summed E-state index contributed by atoms with van der Waals surface area (Å²) in [6.45, 7) is 0.524. The summed E-state index contributed by atoms with van der Waals surface area (Å²) in [4.78, 5) is 0. The molecule has 0 unspecified atom stereocenters. The quantitative estimate of drug-likeness (QED) is 0.647. The number of nitrogens with zero attached hydrogens (tertiary/aromatic N) is 2. The molecule has 0 aliphatic carbocycles. The van der Waals surface area contributed by atoms with E-state index in [4.69, 9.17) is 5.73 Å². The summed E-state index contributed by atoms with van der Waals surface area (Å²) in [5, 5.41) is 3.99. The number of hydrogen-bond donors (Lipinski definition) is 2. The number of aromatic nitrogens is 2. The number of nitrogens with two attached hydrogens (primary N) is 1. The molecule has 1 aromatic heterocycles. The molecule has 1 heterocycles. The van der Waals surface area contributed by atoms with E-state index in [0.29, 0.717) is 13.0 Å². The molecule has 0 atom stereocenters. The van der Waals surface area contributed by atoms with Crippen molar-refractivity contribution in [2.45, 2.75) is 6.42 Å². The summed E-state index contributed by atoms with van der Waals surface area (Å²) < 4.78 is 26.6. The lowest BCUT2D eigenvalue weighted by Crippen LogP contribution is -2.31. The highest BCUT2D eigenvalue weighted by Gasteiger charge is 2.07. The Bertz CT molecular complexity index is 399. The van der Waals surface area contributed by atoms with Crippen molar-refractivity contribution < 1.29 is 8.42 Å². The Morgan fingerprint density at radius 2 is 2.33 bits per heavy atom. The first kappa shape index (κ1) is 12.2. The van der Waals surface area contributed by atoms with Crippen molar-refractivity contribution >= 4 is 10.0 Å². The van der Waals surface area contributed by atoms with Crippen molar-refractivity contribution in [3.8, 4) is 0 Å². The van der Waals surface area contributed by atoms with E-state index in [9.17, 15) is 8.42 Å². The summed E-state index contributed by atoms with van der Waals surface area (Å²) in [5.74, 6) is -0.0277. The van der Waals surface area contributed by atoms with Gasteiger partial charge in [-0.1, -0.05) is 0 Å². The Morgan fingerprint density at radius 1 is 1.60 bits per heavy atom. The van der Waals surface area contributed by atoms with Crippen molar-refractivity contribution in [1.29, 1.82) is 0 Å². The number of sulfonamides is 1. The maximum Gasteiger partial charge on any atom is 0.212 e. The topological polar surface area (TPSA) is 90.0 Å². The molecule has 15 heavy (non-hydrogen) atoms.